The highest BCUT2D eigenvalue weighted by atomic mass is 16.6. The molecule has 0 fully saturated rings. The molecule has 4 rings (SSSR count). The van der Waals surface area contributed by atoms with Crippen molar-refractivity contribution in [1.82, 2.24) is 25.2 Å². The molecule has 0 amide bonds. The third-order valence-electron chi connectivity index (χ3n) is 4.91. The van der Waals surface area contributed by atoms with Crippen molar-refractivity contribution in [2.45, 2.75) is 19.5 Å². The number of aliphatic imine (C=N–C) groups is 1. The number of hydrogen-bond donors (Lipinski definition) is 2. The second-order valence-corrected chi connectivity index (χ2v) is 7.15. The van der Waals surface area contributed by atoms with Gasteiger partial charge in [-0.25, -0.2) is 4.99 Å². The molecule has 0 aliphatic rings. The first-order valence-electron chi connectivity index (χ1n) is 10.3. The van der Waals surface area contributed by atoms with Gasteiger partial charge in [0.1, 0.15) is 0 Å². The molecule has 9 heteroatoms. The first kappa shape index (κ1) is 21.0. The zero-order chi connectivity index (χ0) is 22.2. The molecule has 0 aliphatic heterocycles. The van der Waals surface area contributed by atoms with E-state index in [9.17, 15) is 10.1 Å². The van der Waals surface area contributed by atoms with E-state index < -0.39 is 4.92 Å². The number of nitrogens with zero attached hydrogens (tertiary/aromatic N) is 5. The minimum absolute atomic E-state index is 0.0655. The standard InChI is InChI=1S/C23H23N7O2/c31-30(32)20-11-9-19(10-12-20)16-25-23(24-14-13-18-6-2-1-3-7-18)26-17-22-28-27-21-8-4-5-15-29(21)22/h1-12,15H,13-14,16-17H2,(H2,24,25,26). The van der Waals surface area contributed by atoms with Crippen molar-refractivity contribution in [3.8, 4) is 0 Å². The smallest absolute Gasteiger partial charge is 0.269 e. The van der Waals surface area contributed by atoms with Crippen molar-refractivity contribution in [2.75, 3.05) is 6.54 Å². The fourth-order valence-corrected chi connectivity index (χ4v) is 3.21. The third kappa shape index (κ3) is 5.45. The van der Waals surface area contributed by atoms with Crippen molar-refractivity contribution < 1.29 is 4.92 Å². The van der Waals surface area contributed by atoms with Gasteiger partial charge in [0.15, 0.2) is 17.4 Å². The van der Waals surface area contributed by atoms with E-state index in [1.165, 1.54) is 17.7 Å². The van der Waals surface area contributed by atoms with Crippen LogP contribution in [-0.4, -0.2) is 32.0 Å². The number of nitrogens with one attached hydrogen (secondary N) is 2. The molecule has 0 aliphatic carbocycles. The average Bonchev–Trinajstić information content (AvgIpc) is 3.24. The summed E-state index contributed by atoms with van der Waals surface area (Å²) in [5.41, 5.74) is 2.97. The van der Waals surface area contributed by atoms with Crippen LogP contribution in [0.5, 0.6) is 0 Å². The van der Waals surface area contributed by atoms with Crippen molar-refractivity contribution in [3.05, 3.63) is 106 Å². The highest BCUT2D eigenvalue weighted by Gasteiger charge is 2.07. The topological polar surface area (TPSA) is 110 Å². The molecule has 0 spiro atoms. The van der Waals surface area contributed by atoms with E-state index in [4.69, 9.17) is 0 Å². The lowest BCUT2D eigenvalue weighted by Crippen LogP contribution is -2.38. The monoisotopic (exact) mass is 429 g/mol. The Morgan fingerprint density at radius 2 is 1.72 bits per heavy atom. The van der Waals surface area contributed by atoms with Gasteiger partial charge < -0.3 is 10.6 Å². The summed E-state index contributed by atoms with van der Waals surface area (Å²) in [7, 11) is 0. The Morgan fingerprint density at radius 1 is 0.938 bits per heavy atom. The quantitative estimate of drug-likeness (QED) is 0.193. The van der Waals surface area contributed by atoms with E-state index in [1.54, 1.807) is 12.1 Å². The Labute approximate surface area is 185 Å². The third-order valence-corrected chi connectivity index (χ3v) is 4.91. The Morgan fingerprint density at radius 3 is 2.50 bits per heavy atom. The minimum Gasteiger partial charge on any atom is -0.356 e. The molecule has 2 N–H and O–H groups in total. The maximum Gasteiger partial charge on any atom is 0.269 e. The largest absolute Gasteiger partial charge is 0.356 e. The molecule has 2 aromatic carbocycles. The summed E-state index contributed by atoms with van der Waals surface area (Å²) in [5, 5.41) is 25.9. The van der Waals surface area contributed by atoms with E-state index in [0.29, 0.717) is 25.6 Å². The number of rotatable bonds is 8. The van der Waals surface area contributed by atoms with Crippen LogP contribution >= 0.6 is 0 Å². The van der Waals surface area contributed by atoms with Crippen LogP contribution in [0.2, 0.25) is 0 Å². The SMILES string of the molecule is O=[N+]([O-])c1ccc(CN=C(NCCc2ccccc2)NCc2nnc3ccccn23)cc1. The maximum absolute atomic E-state index is 10.8. The van der Waals surface area contributed by atoms with Crippen LogP contribution in [0.25, 0.3) is 5.65 Å². The Balaban J connectivity index is 1.43. The molecule has 0 bridgehead atoms. The fraction of sp³-hybridized carbons (Fsp3) is 0.174. The van der Waals surface area contributed by atoms with Gasteiger partial charge in [0.05, 0.1) is 18.0 Å². The zero-order valence-corrected chi connectivity index (χ0v) is 17.4. The maximum atomic E-state index is 10.8. The van der Waals surface area contributed by atoms with Gasteiger partial charge in [0, 0.05) is 24.9 Å². The van der Waals surface area contributed by atoms with Crippen LogP contribution in [0.1, 0.15) is 17.0 Å². The number of pyridine rings is 1. The summed E-state index contributed by atoms with van der Waals surface area (Å²) in [6.45, 7) is 1.54. The van der Waals surface area contributed by atoms with Gasteiger partial charge in [0.25, 0.3) is 5.69 Å². The lowest BCUT2D eigenvalue weighted by Gasteiger charge is -2.12. The summed E-state index contributed by atoms with van der Waals surface area (Å²) in [6.07, 6.45) is 2.77. The molecule has 162 valence electrons. The molecule has 4 aromatic rings. The van der Waals surface area contributed by atoms with Crippen molar-refractivity contribution in [3.63, 3.8) is 0 Å². The predicted octanol–water partition coefficient (Wildman–Crippen LogP) is 3.12. The average molecular weight is 429 g/mol. The molecule has 0 radical (unpaired) electrons. The van der Waals surface area contributed by atoms with Crippen LogP contribution in [0, 0.1) is 10.1 Å². The molecule has 0 saturated carbocycles. The van der Waals surface area contributed by atoms with E-state index in [2.05, 4.69) is 38.0 Å². The molecule has 32 heavy (non-hydrogen) atoms. The lowest BCUT2D eigenvalue weighted by molar-refractivity contribution is -0.384. The molecule has 9 nitrogen and oxygen atoms in total. The number of benzene rings is 2. The van der Waals surface area contributed by atoms with Crippen LogP contribution in [0.4, 0.5) is 5.69 Å². The molecular weight excluding hydrogens is 406 g/mol. The highest BCUT2D eigenvalue weighted by molar-refractivity contribution is 5.79. The molecule has 2 aromatic heterocycles. The molecule has 0 unspecified atom stereocenters. The summed E-state index contributed by atoms with van der Waals surface area (Å²) in [4.78, 5) is 15.1. The minimum atomic E-state index is -0.409. The Hall–Kier alpha value is -4.27. The fourth-order valence-electron chi connectivity index (χ4n) is 3.21. The van der Waals surface area contributed by atoms with Crippen LogP contribution < -0.4 is 10.6 Å². The summed E-state index contributed by atoms with van der Waals surface area (Å²) in [5.74, 6) is 1.40. The van der Waals surface area contributed by atoms with Gasteiger partial charge in [-0.15, -0.1) is 10.2 Å². The number of nitro benzene ring substituents is 1. The van der Waals surface area contributed by atoms with Crippen molar-refractivity contribution in [1.29, 1.82) is 0 Å². The van der Waals surface area contributed by atoms with E-state index in [1.807, 2.05) is 47.0 Å². The molecular formula is C23H23N7O2. The van der Waals surface area contributed by atoms with Crippen molar-refractivity contribution >= 4 is 17.3 Å². The number of guanidine groups is 1. The first-order valence-corrected chi connectivity index (χ1v) is 10.3. The predicted molar refractivity (Wildman–Crippen MR) is 122 cm³/mol. The Kier molecular flexibility index (Phi) is 6.66. The van der Waals surface area contributed by atoms with E-state index >= 15 is 0 Å². The molecule has 0 saturated heterocycles. The normalized spacial score (nSPS) is 11.4. The number of fused-ring (bicyclic) bond motifs is 1. The van der Waals surface area contributed by atoms with Gasteiger partial charge >= 0.3 is 0 Å². The summed E-state index contributed by atoms with van der Waals surface area (Å²) >= 11 is 0. The number of aromatic nitrogens is 3. The van der Waals surface area contributed by atoms with Crippen LogP contribution in [0.3, 0.4) is 0 Å². The van der Waals surface area contributed by atoms with E-state index in [-0.39, 0.29) is 5.69 Å². The second kappa shape index (κ2) is 10.2. The Bertz CT molecular complexity index is 1200. The van der Waals surface area contributed by atoms with Crippen molar-refractivity contribution in [2.24, 2.45) is 4.99 Å². The number of nitro groups is 1. The highest BCUT2D eigenvalue weighted by Crippen LogP contribution is 2.12. The first-order chi connectivity index (χ1) is 15.7. The van der Waals surface area contributed by atoms with Gasteiger partial charge in [-0.1, -0.05) is 48.5 Å². The van der Waals surface area contributed by atoms with Gasteiger partial charge in [-0.3, -0.25) is 14.5 Å². The van der Waals surface area contributed by atoms with Gasteiger partial charge in [0.2, 0.25) is 0 Å². The lowest BCUT2D eigenvalue weighted by atomic mass is 10.1. The van der Waals surface area contributed by atoms with Crippen LogP contribution in [-0.2, 0) is 19.5 Å². The summed E-state index contributed by atoms with van der Waals surface area (Å²) in [6, 6.07) is 22.4. The molecule has 0 atom stereocenters. The van der Waals surface area contributed by atoms with Gasteiger partial charge in [-0.2, -0.15) is 0 Å². The molecule has 2 heterocycles. The van der Waals surface area contributed by atoms with Gasteiger partial charge in [-0.05, 0) is 29.7 Å². The van der Waals surface area contributed by atoms with Crippen LogP contribution in [0.15, 0.2) is 84.0 Å². The van der Waals surface area contributed by atoms with E-state index in [0.717, 1.165) is 23.5 Å². The summed E-state index contributed by atoms with van der Waals surface area (Å²) < 4.78 is 1.92. The second-order valence-electron chi connectivity index (χ2n) is 7.15. The number of non-ortho nitro benzene ring substituents is 1. The number of hydrogen-bond acceptors (Lipinski definition) is 5. The zero-order valence-electron chi connectivity index (χ0n) is 17.4.